The predicted molar refractivity (Wildman–Crippen MR) is 109 cm³/mol. The van der Waals surface area contributed by atoms with E-state index in [2.05, 4.69) is 25.6 Å². The molecule has 0 saturated heterocycles. The van der Waals surface area contributed by atoms with Crippen molar-refractivity contribution in [1.29, 1.82) is 0 Å². The van der Waals surface area contributed by atoms with Crippen LogP contribution in [0, 0.1) is 0 Å². The van der Waals surface area contributed by atoms with Crippen LogP contribution < -0.4 is 10.6 Å². The molecule has 0 unspecified atom stereocenters. The van der Waals surface area contributed by atoms with Crippen LogP contribution >= 0.6 is 0 Å². The van der Waals surface area contributed by atoms with E-state index in [1.165, 1.54) is 0 Å². The zero-order valence-corrected chi connectivity index (χ0v) is 14.7. The van der Waals surface area contributed by atoms with Crippen molar-refractivity contribution in [2.45, 2.75) is 6.54 Å². The highest BCUT2D eigenvalue weighted by molar-refractivity contribution is 5.66. The lowest BCUT2D eigenvalue weighted by atomic mass is 10.1. The smallest absolute Gasteiger partial charge is 0.229 e. The first kappa shape index (κ1) is 16.7. The van der Waals surface area contributed by atoms with Crippen molar-refractivity contribution in [3.05, 3.63) is 96.8 Å². The summed E-state index contributed by atoms with van der Waals surface area (Å²) in [4.78, 5) is 13.4. The number of aromatic nitrogens is 3. The molecule has 5 heteroatoms. The molecule has 2 heterocycles. The molecule has 2 aromatic carbocycles. The van der Waals surface area contributed by atoms with Crippen LogP contribution in [0.3, 0.4) is 0 Å². The van der Waals surface area contributed by atoms with Crippen LogP contribution in [0.5, 0.6) is 0 Å². The first-order valence-corrected chi connectivity index (χ1v) is 8.76. The zero-order valence-electron chi connectivity index (χ0n) is 14.7. The van der Waals surface area contributed by atoms with Gasteiger partial charge in [0.15, 0.2) is 0 Å². The number of rotatable bonds is 6. The van der Waals surface area contributed by atoms with Crippen molar-refractivity contribution in [3.8, 4) is 11.3 Å². The molecule has 0 radical (unpaired) electrons. The molecule has 5 nitrogen and oxygen atoms in total. The number of pyridine rings is 1. The Balaban J connectivity index is 1.63. The Hall–Kier alpha value is -3.73. The van der Waals surface area contributed by atoms with E-state index in [9.17, 15) is 0 Å². The average molecular weight is 353 g/mol. The first-order chi connectivity index (χ1) is 13.4. The van der Waals surface area contributed by atoms with Gasteiger partial charge in [-0.1, -0.05) is 48.5 Å². The molecule has 0 bridgehead atoms. The minimum atomic E-state index is 0.555. The topological polar surface area (TPSA) is 62.7 Å². The molecule has 0 aliphatic rings. The van der Waals surface area contributed by atoms with E-state index < -0.39 is 0 Å². The molecule has 0 aliphatic carbocycles. The third kappa shape index (κ3) is 4.46. The molecule has 27 heavy (non-hydrogen) atoms. The second kappa shape index (κ2) is 8.10. The fraction of sp³-hybridized carbons (Fsp3) is 0.0455. The Morgan fingerprint density at radius 1 is 0.741 bits per heavy atom. The third-order valence-electron chi connectivity index (χ3n) is 4.05. The summed E-state index contributed by atoms with van der Waals surface area (Å²) >= 11 is 0. The number of anilines is 3. The van der Waals surface area contributed by atoms with E-state index in [0.29, 0.717) is 12.5 Å². The van der Waals surface area contributed by atoms with E-state index in [-0.39, 0.29) is 0 Å². The van der Waals surface area contributed by atoms with Gasteiger partial charge in [0.25, 0.3) is 0 Å². The summed E-state index contributed by atoms with van der Waals surface area (Å²) < 4.78 is 0. The molecule has 0 spiro atoms. The number of nitrogens with one attached hydrogen (secondary N) is 2. The van der Waals surface area contributed by atoms with Gasteiger partial charge in [-0.2, -0.15) is 4.98 Å². The Morgan fingerprint density at radius 2 is 1.44 bits per heavy atom. The lowest BCUT2D eigenvalue weighted by Crippen LogP contribution is -2.05. The second-order valence-electron chi connectivity index (χ2n) is 6.03. The highest BCUT2D eigenvalue weighted by Crippen LogP contribution is 2.23. The Morgan fingerprint density at radius 3 is 2.19 bits per heavy atom. The highest BCUT2D eigenvalue weighted by Gasteiger charge is 2.07. The Labute approximate surface area is 158 Å². The van der Waals surface area contributed by atoms with Gasteiger partial charge in [-0.25, -0.2) is 4.98 Å². The van der Waals surface area contributed by atoms with Crippen LogP contribution in [0.4, 0.5) is 17.5 Å². The maximum absolute atomic E-state index is 4.68. The summed E-state index contributed by atoms with van der Waals surface area (Å²) in [6, 6.07) is 25.9. The van der Waals surface area contributed by atoms with E-state index >= 15 is 0 Å². The second-order valence-corrected chi connectivity index (χ2v) is 6.03. The molecular weight excluding hydrogens is 334 g/mol. The number of benzene rings is 2. The minimum Gasteiger partial charge on any atom is -0.366 e. The van der Waals surface area contributed by atoms with E-state index in [4.69, 9.17) is 0 Å². The summed E-state index contributed by atoms with van der Waals surface area (Å²) in [5, 5.41) is 6.66. The number of hydrogen-bond acceptors (Lipinski definition) is 5. The standard InChI is InChI=1S/C22H19N5/c1-3-7-18(8-4-1)20-15-21(24-16-17-11-13-23-14-12-17)27-22(26-20)25-19-9-5-2-6-10-19/h1-15H,16H2,(H2,24,25,26,27). The van der Waals surface area contributed by atoms with Crippen LogP contribution in [-0.4, -0.2) is 15.0 Å². The van der Waals surface area contributed by atoms with Gasteiger partial charge >= 0.3 is 0 Å². The van der Waals surface area contributed by atoms with Crippen LogP contribution in [0.1, 0.15) is 5.56 Å². The number of hydrogen-bond donors (Lipinski definition) is 2. The van der Waals surface area contributed by atoms with E-state index in [1.807, 2.05) is 78.9 Å². The SMILES string of the molecule is c1ccc(Nc2nc(NCc3ccncc3)cc(-c3ccccc3)n2)cc1. The molecule has 4 aromatic rings. The molecule has 0 fully saturated rings. The van der Waals surface area contributed by atoms with Crippen LogP contribution in [-0.2, 0) is 6.54 Å². The molecule has 2 aromatic heterocycles. The van der Waals surface area contributed by atoms with Crippen LogP contribution in [0.2, 0.25) is 0 Å². The van der Waals surface area contributed by atoms with Gasteiger partial charge in [-0.15, -0.1) is 0 Å². The van der Waals surface area contributed by atoms with Gasteiger partial charge in [-0.3, -0.25) is 4.98 Å². The summed E-state index contributed by atoms with van der Waals surface area (Å²) in [5.41, 5.74) is 3.99. The zero-order chi connectivity index (χ0) is 18.3. The van der Waals surface area contributed by atoms with Gasteiger partial charge in [0.05, 0.1) is 5.69 Å². The molecule has 4 rings (SSSR count). The van der Waals surface area contributed by atoms with Crippen molar-refractivity contribution in [1.82, 2.24) is 15.0 Å². The van der Waals surface area contributed by atoms with Gasteiger partial charge < -0.3 is 10.6 Å². The maximum Gasteiger partial charge on any atom is 0.229 e. The predicted octanol–water partition coefficient (Wildman–Crippen LogP) is 4.89. The first-order valence-electron chi connectivity index (χ1n) is 8.76. The Bertz CT molecular complexity index is 989. The normalized spacial score (nSPS) is 10.4. The quantitative estimate of drug-likeness (QED) is 0.516. The van der Waals surface area contributed by atoms with Crippen LogP contribution in [0.25, 0.3) is 11.3 Å². The van der Waals surface area contributed by atoms with E-state index in [1.54, 1.807) is 12.4 Å². The molecule has 2 N–H and O–H groups in total. The van der Waals surface area contributed by atoms with Crippen molar-refractivity contribution in [3.63, 3.8) is 0 Å². The molecule has 0 amide bonds. The van der Waals surface area contributed by atoms with Crippen molar-refractivity contribution in [2.24, 2.45) is 0 Å². The van der Waals surface area contributed by atoms with Gasteiger partial charge in [0.1, 0.15) is 5.82 Å². The van der Waals surface area contributed by atoms with Gasteiger partial charge in [0.2, 0.25) is 5.95 Å². The molecule has 0 aliphatic heterocycles. The summed E-state index contributed by atoms with van der Waals surface area (Å²) in [5.74, 6) is 1.32. The third-order valence-corrected chi connectivity index (χ3v) is 4.05. The molecule has 0 saturated carbocycles. The minimum absolute atomic E-state index is 0.555. The Kier molecular flexibility index (Phi) is 5.02. The molecule has 0 atom stereocenters. The maximum atomic E-state index is 4.68. The summed E-state index contributed by atoms with van der Waals surface area (Å²) in [6.07, 6.45) is 3.57. The fourth-order valence-electron chi connectivity index (χ4n) is 2.69. The average Bonchev–Trinajstić information content (AvgIpc) is 2.74. The largest absolute Gasteiger partial charge is 0.366 e. The lowest BCUT2D eigenvalue weighted by molar-refractivity contribution is 1.08. The van der Waals surface area contributed by atoms with Crippen molar-refractivity contribution >= 4 is 17.5 Å². The fourth-order valence-corrected chi connectivity index (χ4v) is 2.69. The monoisotopic (exact) mass is 353 g/mol. The van der Waals surface area contributed by atoms with Crippen molar-refractivity contribution < 1.29 is 0 Å². The van der Waals surface area contributed by atoms with Crippen molar-refractivity contribution in [2.75, 3.05) is 10.6 Å². The molecule has 132 valence electrons. The number of para-hydroxylation sites is 1. The lowest BCUT2D eigenvalue weighted by Gasteiger charge is -2.11. The summed E-state index contributed by atoms with van der Waals surface area (Å²) in [6.45, 7) is 0.665. The molecular formula is C22H19N5. The van der Waals surface area contributed by atoms with Gasteiger partial charge in [-0.05, 0) is 29.8 Å². The summed E-state index contributed by atoms with van der Waals surface area (Å²) in [7, 11) is 0. The highest BCUT2D eigenvalue weighted by atomic mass is 15.1. The van der Waals surface area contributed by atoms with Crippen LogP contribution in [0.15, 0.2) is 91.3 Å². The number of nitrogens with zero attached hydrogens (tertiary/aromatic N) is 3. The van der Waals surface area contributed by atoms with Gasteiger partial charge in [0, 0.05) is 36.3 Å². The van der Waals surface area contributed by atoms with E-state index in [0.717, 1.165) is 28.3 Å².